The summed E-state index contributed by atoms with van der Waals surface area (Å²) in [5.74, 6) is 1.87. The first kappa shape index (κ1) is 13.8. The molecule has 0 aliphatic rings. The SMILES string of the molecule is Cc1cc(Oc2cccc(Cl)c2N)ccc1C(C)C. The number of hydrogen-bond donors (Lipinski definition) is 1. The summed E-state index contributed by atoms with van der Waals surface area (Å²) in [7, 11) is 0. The zero-order valence-electron chi connectivity index (χ0n) is 11.4. The number of para-hydroxylation sites is 1. The van der Waals surface area contributed by atoms with Gasteiger partial charge in [-0.25, -0.2) is 0 Å². The van der Waals surface area contributed by atoms with Crippen LogP contribution in [-0.2, 0) is 0 Å². The van der Waals surface area contributed by atoms with E-state index >= 15 is 0 Å². The van der Waals surface area contributed by atoms with Gasteiger partial charge in [0.1, 0.15) is 5.75 Å². The van der Waals surface area contributed by atoms with Gasteiger partial charge in [-0.1, -0.05) is 37.6 Å². The average Bonchev–Trinajstić information content (AvgIpc) is 2.34. The summed E-state index contributed by atoms with van der Waals surface area (Å²) in [4.78, 5) is 0. The Morgan fingerprint density at radius 1 is 1.16 bits per heavy atom. The van der Waals surface area contributed by atoms with Crippen molar-refractivity contribution < 1.29 is 4.74 Å². The lowest BCUT2D eigenvalue weighted by atomic mass is 9.98. The first-order chi connectivity index (χ1) is 8.99. The largest absolute Gasteiger partial charge is 0.455 e. The lowest BCUT2D eigenvalue weighted by Crippen LogP contribution is -1.95. The molecule has 100 valence electrons. The molecule has 0 aromatic heterocycles. The highest BCUT2D eigenvalue weighted by atomic mass is 35.5. The van der Waals surface area contributed by atoms with Gasteiger partial charge in [-0.15, -0.1) is 0 Å². The Bertz CT molecular complexity index is 593. The number of ether oxygens (including phenoxy) is 1. The third-order valence-electron chi connectivity index (χ3n) is 3.10. The standard InChI is InChI=1S/C16H18ClNO/c1-10(2)13-8-7-12(9-11(13)3)19-15-6-4-5-14(17)16(15)18/h4-10H,18H2,1-3H3. The van der Waals surface area contributed by atoms with Crippen LogP contribution in [0.5, 0.6) is 11.5 Å². The second-order valence-corrected chi connectivity index (χ2v) is 5.33. The van der Waals surface area contributed by atoms with Gasteiger partial charge in [-0.3, -0.25) is 0 Å². The molecule has 0 saturated carbocycles. The molecule has 2 nitrogen and oxygen atoms in total. The van der Waals surface area contributed by atoms with Gasteiger partial charge in [0.2, 0.25) is 0 Å². The van der Waals surface area contributed by atoms with Gasteiger partial charge in [-0.05, 0) is 48.2 Å². The molecule has 2 rings (SSSR count). The van der Waals surface area contributed by atoms with Gasteiger partial charge >= 0.3 is 0 Å². The number of halogens is 1. The van der Waals surface area contributed by atoms with Crippen molar-refractivity contribution in [2.24, 2.45) is 0 Å². The molecule has 0 fully saturated rings. The van der Waals surface area contributed by atoms with Gasteiger partial charge in [0.05, 0.1) is 10.7 Å². The Hall–Kier alpha value is -1.67. The molecule has 0 saturated heterocycles. The van der Waals surface area contributed by atoms with E-state index in [2.05, 4.69) is 26.8 Å². The summed E-state index contributed by atoms with van der Waals surface area (Å²) in [5.41, 5.74) is 8.90. The summed E-state index contributed by atoms with van der Waals surface area (Å²) in [6.07, 6.45) is 0. The average molecular weight is 276 g/mol. The molecular weight excluding hydrogens is 258 g/mol. The van der Waals surface area contributed by atoms with Gasteiger partial charge in [0, 0.05) is 0 Å². The molecule has 0 spiro atoms. The van der Waals surface area contributed by atoms with Gasteiger partial charge < -0.3 is 10.5 Å². The predicted molar refractivity (Wildman–Crippen MR) is 81.2 cm³/mol. The van der Waals surface area contributed by atoms with E-state index in [1.54, 1.807) is 6.07 Å². The topological polar surface area (TPSA) is 35.2 Å². The van der Waals surface area contributed by atoms with E-state index in [1.165, 1.54) is 11.1 Å². The van der Waals surface area contributed by atoms with Crippen LogP contribution >= 0.6 is 11.6 Å². The van der Waals surface area contributed by atoms with E-state index in [9.17, 15) is 0 Å². The summed E-state index contributed by atoms with van der Waals surface area (Å²) in [6.45, 7) is 6.44. The highest BCUT2D eigenvalue weighted by Gasteiger charge is 2.08. The highest BCUT2D eigenvalue weighted by Crippen LogP contribution is 2.33. The molecule has 0 aliphatic carbocycles. The maximum Gasteiger partial charge on any atom is 0.151 e. The fourth-order valence-corrected chi connectivity index (χ4v) is 2.26. The van der Waals surface area contributed by atoms with Crippen molar-refractivity contribution in [3.8, 4) is 11.5 Å². The third-order valence-corrected chi connectivity index (χ3v) is 3.43. The number of benzene rings is 2. The quantitative estimate of drug-likeness (QED) is 0.787. The Balaban J connectivity index is 2.29. The van der Waals surface area contributed by atoms with Crippen molar-refractivity contribution in [1.29, 1.82) is 0 Å². The first-order valence-corrected chi connectivity index (χ1v) is 6.69. The van der Waals surface area contributed by atoms with Gasteiger partial charge in [0.25, 0.3) is 0 Å². The van der Waals surface area contributed by atoms with Crippen molar-refractivity contribution in [3.05, 3.63) is 52.5 Å². The van der Waals surface area contributed by atoms with Crippen LogP contribution in [0.15, 0.2) is 36.4 Å². The normalized spacial score (nSPS) is 10.8. The van der Waals surface area contributed by atoms with Crippen molar-refractivity contribution in [1.82, 2.24) is 0 Å². The molecule has 0 heterocycles. The molecule has 2 N–H and O–H groups in total. The van der Waals surface area contributed by atoms with Crippen LogP contribution in [0.1, 0.15) is 30.9 Å². The molecule has 2 aromatic rings. The number of rotatable bonds is 3. The number of anilines is 1. The molecule has 0 bridgehead atoms. The fourth-order valence-electron chi connectivity index (χ4n) is 2.09. The van der Waals surface area contributed by atoms with Crippen LogP contribution in [0.3, 0.4) is 0 Å². The minimum atomic E-state index is 0.467. The molecule has 0 unspecified atom stereocenters. The third kappa shape index (κ3) is 3.02. The molecule has 0 radical (unpaired) electrons. The number of nitrogens with two attached hydrogens (primary N) is 1. The molecule has 19 heavy (non-hydrogen) atoms. The van der Waals surface area contributed by atoms with Crippen molar-refractivity contribution in [3.63, 3.8) is 0 Å². The maximum absolute atomic E-state index is 5.97. The molecule has 3 heteroatoms. The monoisotopic (exact) mass is 275 g/mol. The van der Waals surface area contributed by atoms with E-state index in [4.69, 9.17) is 22.1 Å². The van der Waals surface area contributed by atoms with Crippen molar-refractivity contribution >= 4 is 17.3 Å². The zero-order chi connectivity index (χ0) is 14.0. The maximum atomic E-state index is 5.97. The summed E-state index contributed by atoms with van der Waals surface area (Å²) >= 11 is 5.97. The van der Waals surface area contributed by atoms with Crippen molar-refractivity contribution in [2.75, 3.05) is 5.73 Å². The highest BCUT2D eigenvalue weighted by molar-refractivity contribution is 6.33. The first-order valence-electron chi connectivity index (χ1n) is 6.31. The van der Waals surface area contributed by atoms with Gasteiger partial charge in [-0.2, -0.15) is 0 Å². The second-order valence-electron chi connectivity index (χ2n) is 4.93. The molecule has 0 atom stereocenters. The Kier molecular flexibility index (Phi) is 4.01. The molecule has 0 aliphatic heterocycles. The van der Waals surface area contributed by atoms with E-state index < -0.39 is 0 Å². The number of nitrogen functional groups attached to an aromatic ring is 1. The number of hydrogen-bond acceptors (Lipinski definition) is 2. The van der Waals surface area contributed by atoms with E-state index in [0.717, 1.165) is 5.75 Å². The lowest BCUT2D eigenvalue weighted by Gasteiger charge is -2.13. The van der Waals surface area contributed by atoms with Crippen LogP contribution in [0, 0.1) is 6.92 Å². The summed E-state index contributed by atoms with van der Waals surface area (Å²) in [5, 5.41) is 0.507. The Morgan fingerprint density at radius 2 is 1.89 bits per heavy atom. The van der Waals surface area contributed by atoms with Crippen LogP contribution in [0.2, 0.25) is 5.02 Å². The Labute approximate surface area is 119 Å². The minimum absolute atomic E-state index is 0.467. The molecule has 0 amide bonds. The van der Waals surface area contributed by atoms with E-state index in [0.29, 0.717) is 22.4 Å². The molecular formula is C16H18ClNO. The van der Waals surface area contributed by atoms with Gasteiger partial charge in [0.15, 0.2) is 5.75 Å². The minimum Gasteiger partial charge on any atom is -0.455 e. The lowest BCUT2D eigenvalue weighted by molar-refractivity contribution is 0.484. The Morgan fingerprint density at radius 3 is 2.53 bits per heavy atom. The van der Waals surface area contributed by atoms with Crippen LogP contribution in [-0.4, -0.2) is 0 Å². The summed E-state index contributed by atoms with van der Waals surface area (Å²) in [6, 6.07) is 11.5. The van der Waals surface area contributed by atoms with Crippen LogP contribution in [0.25, 0.3) is 0 Å². The predicted octanol–water partition coefficient (Wildman–Crippen LogP) is 5.15. The zero-order valence-corrected chi connectivity index (χ0v) is 12.2. The number of aryl methyl sites for hydroxylation is 1. The molecule has 2 aromatic carbocycles. The fraction of sp³-hybridized carbons (Fsp3) is 0.250. The van der Waals surface area contributed by atoms with E-state index in [-0.39, 0.29) is 0 Å². The second kappa shape index (κ2) is 5.54. The van der Waals surface area contributed by atoms with Crippen molar-refractivity contribution in [2.45, 2.75) is 26.7 Å². The van der Waals surface area contributed by atoms with E-state index in [1.807, 2.05) is 24.3 Å². The smallest absolute Gasteiger partial charge is 0.151 e. The summed E-state index contributed by atoms with van der Waals surface area (Å²) < 4.78 is 5.80. The van der Waals surface area contributed by atoms with Crippen LogP contribution in [0.4, 0.5) is 5.69 Å². The van der Waals surface area contributed by atoms with Crippen LogP contribution < -0.4 is 10.5 Å².